The van der Waals surface area contributed by atoms with Crippen molar-refractivity contribution in [2.75, 3.05) is 20.7 Å². The molecule has 0 bridgehead atoms. The molecule has 8 nitrogen and oxygen atoms in total. The van der Waals surface area contributed by atoms with Crippen molar-refractivity contribution < 1.29 is 22.7 Å². The number of nitrogens with two attached hydrogens (primary N) is 1. The lowest BCUT2D eigenvalue weighted by Crippen LogP contribution is -2.28. The van der Waals surface area contributed by atoms with Crippen LogP contribution in [0.5, 0.6) is 0 Å². The van der Waals surface area contributed by atoms with Gasteiger partial charge in [-0.05, 0) is 12.5 Å². The second kappa shape index (κ2) is 6.72. The van der Waals surface area contributed by atoms with Crippen LogP contribution in [0.4, 0.5) is 0 Å². The molecule has 0 spiro atoms. The van der Waals surface area contributed by atoms with E-state index in [1.807, 2.05) is 0 Å². The van der Waals surface area contributed by atoms with Gasteiger partial charge in [-0.1, -0.05) is 0 Å². The predicted molar refractivity (Wildman–Crippen MR) is 75.0 cm³/mol. The summed E-state index contributed by atoms with van der Waals surface area (Å²) >= 11 is 0. The minimum absolute atomic E-state index is 0.0145. The van der Waals surface area contributed by atoms with Crippen molar-refractivity contribution in [3.8, 4) is 0 Å². The van der Waals surface area contributed by atoms with Crippen molar-refractivity contribution in [1.29, 1.82) is 0 Å². The van der Waals surface area contributed by atoms with E-state index in [0.717, 1.165) is 4.31 Å². The number of amides is 1. The Morgan fingerprint density at radius 3 is 2.52 bits per heavy atom. The molecule has 0 aliphatic carbocycles. The topological polar surface area (TPSA) is 112 Å². The SMILES string of the molecule is COC(=O)CCCN(C)S(=O)(=O)c1cc(C(N)=O)n(C)c1. The van der Waals surface area contributed by atoms with E-state index < -0.39 is 21.9 Å². The lowest BCUT2D eigenvalue weighted by Gasteiger charge is -2.15. The Morgan fingerprint density at radius 2 is 2.05 bits per heavy atom. The summed E-state index contributed by atoms with van der Waals surface area (Å²) < 4.78 is 31.6. The Hall–Kier alpha value is -1.87. The highest BCUT2D eigenvalue weighted by molar-refractivity contribution is 7.89. The molecule has 21 heavy (non-hydrogen) atoms. The zero-order valence-corrected chi connectivity index (χ0v) is 13.0. The van der Waals surface area contributed by atoms with Gasteiger partial charge in [0.1, 0.15) is 10.6 Å². The number of ether oxygens (including phenoxy) is 1. The molecule has 0 aliphatic rings. The van der Waals surface area contributed by atoms with Crippen molar-refractivity contribution in [1.82, 2.24) is 8.87 Å². The van der Waals surface area contributed by atoms with Gasteiger partial charge in [0.2, 0.25) is 10.0 Å². The van der Waals surface area contributed by atoms with Gasteiger partial charge in [-0.2, -0.15) is 0 Å². The number of carbonyl (C=O) groups excluding carboxylic acids is 2. The highest BCUT2D eigenvalue weighted by Gasteiger charge is 2.24. The molecule has 0 fully saturated rings. The summed E-state index contributed by atoms with van der Waals surface area (Å²) in [5, 5.41) is 0. The van der Waals surface area contributed by atoms with Crippen molar-refractivity contribution in [3.63, 3.8) is 0 Å². The van der Waals surface area contributed by atoms with Crippen molar-refractivity contribution in [2.45, 2.75) is 17.7 Å². The van der Waals surface area contributed by atoms with Gasteiger partial charge in [0.05, 0.1) is 7.11 Å². The van der Waals surface area contributed by atoms with Crippen LogP contribution in [0.2, 0.25) is 0 Å². The number of aryl methyl sites for hydroxylation is 1. The summed E-state index contributed by atoms with van der Waals surface area (Å²) in [4.78, 5) is 22.1. The highest BCUT2D eigenvalue weighted by Crippen LogP contribution is 2.17. The lowest BCUT2D eigenvalue weighted by atomic mass is 10.3. The first-order valence-corrected chi connectivity index (χ1v) is 7.63. The second-order valence-corrected chi connectivity index (χ2v) is 6.59. The Bertz CT molecular complexity index is 635. The lowest BCUT2D eigenvalue weighted by molar-refractivity contribution is -0.140. The van der Waals surface area contributed by atoms with E-state index in [2.05, 4.69) is 4.74 Å². The molecule has 0 unspecified atom stereocenters. The monoisotopic (exact) mass is 317 g/mol. The van der Waals surface area contributed by atoms with Crippen LogP contribution in [0.1, 0.15) is 23.3 Å². The number of hydrogen-bond acceptors (Lipinski definition) is 5. The third-order valence-corrected chi connectivity index (χ3v) is 4.84. The Balaban J connectivity index is 2.83. The van der Waals surface area contributed by atoms with Crippen LogP contribution in [0.15, 0.2) is 17.2 Å². The third kappa shape index (κ3) is 4.05. The standard InChI is InChI=1S/C12H19N3O5S/c1-14-8-9(7-10(14)12(13)17)21(18,19)15(2)6-4-5-11(16)20-3/h7-8H,4-6H2,1-3H3,(H2,13,17). The van der Waals surface area contributed by atoms with E-state index in [4.69, 9.17) is 5.73 Å². The van der Waals surface area contributed by atoms with Crippen LogP contribution in [0.25, 0.3) is 0 Å². The molecule has 1 rings (SSSR count). The Labute approximate surface area is 123 Å². The van der Waals surface area contributed by atoms with E-state index in [9.17, 15) is 18.0 Å². The first kappa shape index (κ1) is 17.2. The van der Waals surface area contributed by atoms with Crippen LogP contribution in [-0.2, 0) is 26.6 Å². The molecule has 1 aromatic rings. The van der Waals surface area contributed by atoms with E-state index >= 15 is 0 Å². The highest BCUT2D eigenvalue weighted by atomic mass is 32.2. The molecule has 0 atom stereocenters. The minimum atomic E-state index is -3.73. The number of carbonyl (C=O) groups is 2. The van der Waals surface area contributed by atoms with Gasteiger partial charge in [0.25, 0.3) is 5.91 Å². The average molecular weight is 317 g/mol. The average Bonchev–Trinajstić information content (AvgIpc) is 2.81. The first-order chi connectivity index (χ1) is 9.70. The Kier molecular flexibility index (Phi) is 5.50. The number of methoxy groups -OCH3 is 1. The van der Waals surface area contributed by atoms with Crippen LogP contribution in [0.3, 0.4) is 0 Å². The van der Waals surface area contributed by atoms with Crippen molar-refractivity contribution in [2.24, 2.45) is 12.8 Å². The summed E-state index contributed by atoms with van der Waals surface area (Å²) in [5.41, 5.74) is 5.26. The number of rotatable bonds is 7. The zero-order valence-electron chi connectivity index (χ0n) is 12.2. The maximum Gasteiger partial charge on any atom is 0.305 e. The third-order valence-electron chi connectivity index (χ3n) is 3.02. The molecule has 9 heteroatoms. The molecular formula is C12H19N3O5S. The molecule has 1 amide bonds. The van der Waals surface area contributed by atoms with Gasteiger partial charge in [-0.15, -0.1) is 0 Å². The molecule has 0 aromatic carbocycles. The summed E-state index contributed by atoms with van der Waals surface area (Å²) in [5.74, 6) is -1.09. The molecule has 0 aliphatic heterocycles. The summed E-state index contributed by atoms with van der Waals surface area (Å²) in [6, 6.07) is 1.23. The largest absolute Gasteiger partial charge is 0.469 e. The molecular weight excluding hydrogens is 298 g/mol. The fraction of sp³-hybridized carbons (Fsp3) is 0.500. The van der Waals surface area contributed by atoms with Gasteiger partial charge in [0.15, 0.2) is 0 Å². The zero-order chi connectivity index (χ0) is 16.2. The summed E-state index contributed by atoms with van der Waals surface area (Å²) in [6.07, 6.45) is 1.81. The smallest absolute Gasteiger partial charge is 0.305 e. The van der Waals surface area contributed by atoms with Gasteiger partial charge in [-0.3, -0.25) is 9.59 Å². The van der Waals surface area contributed by atoms with E-state index in [-0.39, 0.29) is 23.6 Å². The minimum Gasteiger partial charge on any atom is -0.469 e. The van der Waals surface area contributed by atoms with Crippen LogP contribution >= 0.6 is 0 Å². The number of nitrogens with zero attached hydrogens (tertiary/aromatic N) is 2. The second-order valence-electron chi connectivity index (χ2n) is 4.54. The van der Waals surface area contributed by atoms with Gasteiger partial charge in [0, 0.05) is 33.3 Å². The first-order valence-electron chi connectivity index (χ1n) is 6.19. The van der Waals surface area contributed by atoms with Gasteiger partial charge in [-0.25, -0.2) is 12.7 Å². The molecule has 118 valence electrons. The van der Waals surface area contributed by atoms with Crippen LogP contribution in [-0.4, -0.2) is 49.9 Å². The number of aromatic nitrogens is 1. The number of esters is 1. The number of sulfonamides is 1. The molecule has 2 N–H and O–H groups in total. The van der Waals surface area contributed by atoms with Crippen LogP contribution < -0.4 is 5.73 Å². The fourth-order valence-corrected chi connectivity index (χ4v) is 3.05. The predicted octanol–water partition coefficient (Wildman–Crippen LogP) is -0.302. The van der Waals surface area contributed by atoms with Gasteiger partial charge < -0.3 is 15.0 Å². The summed E-state index contributed by atoms with van der Waals surface area (Å²) in [6.45, 7) is 0.165. The molecule has 0 saturated heterocycles. The Morgan fingerprint density at radius 1 is 1.43 bits per heavy atom. The van der Waals surface area contributed by atoms with Crippen LogP contribution in [0, 0.1) is 0 Å². The van der Waals surface area contributed by atoms with Crippen molar-refractivity contribution >= 4 is 21.9 Å². The maximum atomic E-state index is 12.3. The van der Waals surface area contributed by atoms with E-state index in [1.54, 1.807) is 0 Å². The fourth-order valence-electron chi connectivity index (χ4n) is 1.77. The summed E-state index contributed by atoms with van der Waals surface area (Å²) in [7, 11) is 0.494. The number of hydrogen-bond donors (Lipinski definition) is 1. The molecule has 1 heterocycles. The molecule has 1 aromatic heterocycles. The van der Waals surface area contributed by atoms with E-state index in [1.165, 1.54) is 38.0 Å². The molecule has 0 saturated carbocycles. The van der Waals surface area contributed by atoms with Crippen molar-refractivity contribution in [3.05, 3.63) is 18.0 Å². The maximum absolute atomic E-state index is 12.3. The number of primary amides is 1. The molecule has 0 radical (unpaired) electrons. The van der Waals surface area contributed by atoms with Gasteiger partial charge >= 0.3 is 5.97 Å². The van der Waals surface area contributed by atoms with E-state index in [0.29, 0.717) is 6.42 Å². The normalized spacial score (nSPS) is 11.6. The quantitative estimate of drug-likeness (QED) is 0.694.